The topological polar surface area (TPSA) is 44.5 Å². The third kappa shape index (κ3) is 6.88. The van der Waals surface area contributed by atoms with Gasteiger partial charge < -0.3 is 15.2 Å². The van der Waals surface area contributed by atoms with Crippen molar-refractivity contribution in [3.63, 3.8) is 0 Å². The molecule has 4 aromatic rings. The minimum atomic E-state index is 0.650. The third-order valence-electron chi connectivity index (χ3n) is 6.02. The van der Waals surface area contributed by atoms with E-state index in [1.807, 2.05) is 34.8 Å². The first-order valence-electron chi connectivity index (χ1n) is 12.6. The fourth-order valence-corrected chi connectivity index (χ4v) is 5.85. The summed E-state index contributed by atoms with van der Waals surface area (Å²) < 4.78 is 11.5. The van der Waals surface area contributed by atoms with Gasteiger partial charge in [0, 0.05) is 19.5 Å². The summed E-state index contributed by atoms with van der Waals surface area (Å²) in [6.07, 6.45) is 7.58. The van der Waals surface area contributed by atoms with Gasteiger partial charge in [-0.1, -0.05) is 25.5 Å². The maximum absolute atomic E-state index is 5.81. The Morgan fingerprint density at radius 2 is 1.14 bits per heavy atom. The lowest BCUT2D eigenvalue weighted by molar-refractivity contribution is 0.309. The second kappa shape index (κ2) is 12.9. The highest BCUT2D eigenvalue weighted by Gasteiger charge is 2.09. The summed E-state index contributed by atoms with van der Waals surface area (Å²) in [5.74, 6) is 1.83. The van der Waals surface area contributed by atoms with E-state index < -0.39 is 0 Å². The lowest BCUT2D eigenvalue weighted by Crippen LogP contribution is -2.05. The Balaban J connectivity index is 1.43. The molecule has 2 aromatic carbocycles. The summed E-state index contributed by atoms with van der Waals surface area (Å²) in [7, 11) is 0. The number of rotatable bonds is 12. The van der Waals surface area contributed by atoms with E-state index in [1.165, 1.54) is 41.8 Å². The van der Waals surface area contributed by atoms with E-state index in [0.29, 0.717) is 13.2 Å². The SMILES string of the molecule is CCCCOc1ccc(-c2cc(/C=C\c3cc(-c4ccc(OCCCN)cc4)sc3C)c(C)s2)cc1. The fourth-order valence-electron chi connectivity index (χ4n) is 3.83. The summed E-state index contributed by atoms with van der Waals surface area (Å²) in [5.41, 5.74) is 10.5. The number of hydrogen-bond acceptors (Lipinski definition) is 5. The zero-order chi connectivity index (χ0) is 25.3. The molecule has 0 aliphatic rings. The van der Waals surface area contributed by atoms with Gasteiger partial charge in [0.25, 0.3) is 0 Å². The molecule has 2 N–H and O–H groups in total. The maximum atomic E-state index is 5.81. The third-order valence-corrected chi connectivity index (χ3v) is 8.25. The van der Waals surface area contributed by atoms with E-state index in [-0.39, 0.29) is 0 Å². The van der Waals surface area contributed by atoms with Gasteiger partial charge in [-0.25, -0.2) is 0 Å². The van der Waals surface area contributed by atoms with Crippen LogP contribution in [-0.4, -0.2) is 19.8 Å². The van der Waals surface area contributed by atoms with Gasteiger partial charge in [0.1, 0.15) is 11.5 Å². The molecule has 4 rings (SSSR count). The van der Waals surface area contributed by atoms with Crippen LogP contribution in [0.3, 0.4) is 0 Å². The Morgan fingerprint density at radius 1 is 0.694 bits per heavy atom. The quantitative estimate of drug-likeness (QED) is 0.191. The number of ether oxygens (including phenoxy) is 2. The Kier molecular flexibility index (Phi) is 9.40. The molecular formula is C31H35NO2S2. The number of thiophene rings is 2. The van der Waals surface area contributed by atoms with Crippen molar-refractivity contribution in [1.29, 1.82) is 0 Å². The smallest absolute Gasteiger partial charge is 0.119 e. The molecule has 3 nitrogen and oxygen atoms in total. The van der Waals surface area contributed by atoms with Crippen LogP contribution in [0.5, 0.6) is 11.5 Å². The van der Waals surface area contributed by atoms with Crippen LogP contribution in [0.1, 0.15) is 47.1 Å². The number of unbranched alkanes of at least 4 members (excludes halogenated alkanes) is 1. The molecule has 0 fully saturated rings. The molecule has 0 bridgehead atoms. The zero-order valence-corrected chi connectivity index (χ0v) is 23.0. The van der Waals surface area contributed by atoms with E-state index in [9.17, 15) is 0 Å². The molecule has 0 radical (unpaired) electrons. The minimum absolute atomic E-state index is 0.650. The summed E-state index contributed by atoms with van der Waals surface area (Å²) in [6, 6.07) is 21.4. The molecule has 0 saturated carbocycles. The lowest BCUT2D eigenvalue weighted by Gasteiger charge is -2.05. The molecule has 2 heterocycles. The summed E-state index contributed by atoms with van der Waals surface area (Å²) in [4.78, 5) is 5.19. The van der Waals surface area contributed by atoms with Crippen molar-refractivity contribution in [1.82, 2.24) is 0 Å². The Morgan fingerprint density at radius 3 is 1.56 bits per heavy atom. The molecule has 0 unspecified atom stereocenters. The fraction of sp³-hybridized carbons (Fsp3) is 0.290. The van der Waals surface area contributed by atoms with Crippen molar-refractivity contribution >= 4 is 34.8 Å². The molecule has 0 saturated heterocycles. The Bertz CT molecular complexity index is 1170. The lowest BCUT2D eigenvalue weighted by atomic mass is 10.1. The highest BCUT2D eigenvalue weighted by atomic mass is 32.1. The summed E-state index contributed by atoms with van der Waals surface area (Å²) >= 11 is 3.66. The van der Waals surface area contributed by atoms with Crippen LogP contribution >= 0.6 is 22.7 Å². The first-order valence-corrected chi connectivity index (χ1v) is 14.3. The number of benzene rings is 2. The van der Waals surface area contributed by atoms with Crippen molar-refractivity contribution in [2.75, 3.05) is 19.8 Å². The monoisotopic (exact) mass is 517 g/mol. The normalized spacial score (nSPS) is 11.3. The van der Waals surface area contributed by atoms with Crippen LogP contribution in [0.4, 0.5) is 0 Å². The van der Waals surface area contributed by atoms with Crippen molar-refractivity contribution in [2.24, 2.45) is 5.73 Å². The standard InChI is InChI=1S/C31H35NO2S2/c1-4-5-18-33-28-13-9-24(10-14-28)30-20-26(22(2)35-30)7-8-27-21-31(36-23(27)3)25-11-15-29(16-12-25)34-19-6-17-32/h7-16,20-21H,4-6,17-19,32H2,1-3H3/b8-7-. The Hall–Kier alpha value is -2.86. The molecule has 0 atom stereocenters. The molecule has 36 heavy (non-hydrogen) atoms. The van der Waals surface area contributed by atoms with Crippen molar-refractivity contribution in [3.8, 4) is 32.4 Å². The summed E-state index contributed by atoms with van der Waals surface area (Å²) in [6.45, 7) is 8.65. The Labute approximate surface area is 223 Å². The largest absolute Gasteiger partial charge is 0.494 e. The first kappa shape index (κ1) is 26.2. The number of hydrogen-bond donors (Lipinski definition) is 1. The van der Waals surface area contributed by atoms with E-state index >= 15 is 0 Å². The summed E-state index contributed by atoms with van der Waals surface area (Å²) in [5, 5.41) is 0. The van der Waals surface area contributed by atoms with Gasteiger partial charge in [-0.05, 0) is 116 Å². The zero-order valence-electron chi connectivity index (χ0n) is 21.4. The molecule has 188 valence electrons. The van der Waals surface area contributed by atoms with Crippen LogP contribution in [0, 0.1) is 13.8 Å². The van der Waals surface area contributed by atoms with Gasteiger partial charge >= 0.3 is 0 Å². The van der Waals surface area contributed by atoms with E-state index in [4.69, 9.17) is 15.2 Å². The van der Waals surface area contributed by atoms with Crippen molar-refractivity contribution < 1.29 is 9.47 Å². The average Bonchev–Trinajstić information content (AvgIpc) is 3.45. The first-order chi connectivity index (χ1) is 17.6. The van der Waals surface area contributed by atoms with E-state index in [1.54, 1.807) is 0 Å². The van der Waals surface area contributed by atoms with Crippen LogP contribution in [0.25, 0.3) is 33.0 Å². The van der Waals surface area contributed by atoms with Crippen molar-refractivity contribution in [3.05, 3.63) is 81.5 Å². The molecule has 0 aliphatic heterocycles. The second-order valence-corrected chi connectivity index (χ2v) is 11.3. The molecule has 2 aromatic heterocycles. The minimum Gasteiger partial charge on any atom is -0.494 e. The van der Waals surface area contributed by atoms with E-state index in [0.717, 1.165) is 37.4 Å². The molecule has 0 aliphatic carbocycles. The molecule has 0 spiro atoms. The van der Waals surface area contributed by atoms with Crippen molar-refractivity contribution in [2.45, 2.75) is 40.0 Å². The van der Waals surface area contributed by atoms with Gasteiger partial charge in [0.05, 0.1) is 13.2 Å². The predicted molar refractivity (Wildman–Crippen MR) is 157 cm³/mol. The van der Waals surface area contributed by atoms with Crippen LogP contribution in [0.15, 0.2) is 60.7 Å². The second-order valence-electron chi connectivity index (χ2n) is 8.82. The molecular weight excluding hydrogens is 482 g/mol. The number of aryl methyl sites for hydroxylation is 2. The predicted octanol–water partition coefficient (Wildman–Crippen LogP) is 8.84. The van der Waals surface area contributed by atoms with E-state index in [2.05, 4.69) is 81.5 Å². The van der Waals surface area contributed by atoms with Gasteiger partial charge in [-0.3, -0.25) is 0 Å². The highest BCUT2D eigenvalue weighted by molar-refractivity contribution is 7.16. The van der Waals surface area contributed by atoms with Crippen LogP contribution < -0.4 is 15.2 Å². The molecule has 5 heteroatoms. The van der Waals surface area contributed by atoms with Gasteiger partial charge in [-0.2, -0.15) is 0 Å². The van der Waals surface area contributed by atoms with Gasteiger partial charge in [-0.15, -0.1) is 22.7 Å². The average molecular weight is 518 g/mol. The van der Waals surface area contributed by atoms with Gasteiger partial charge in [0.2, 0.25) is 0 Å². The van der Waals surface area contributed by atoms with Crippen LogP contribution in [-0.2, 0) is 0 Å². The van der Waals surface area contributed by atoms with Gasteiger partial charge in [0.15, 0.2) is 0 Å². The number of nitrogens with two attached hydrogens (primary N) is 1. The maximum Gasteiger partial charge on any atom is 0.119 e. The highest BCUT2D eigenvalue weighted by Crippen LogP contribution is 2.35. The van der Waals surface area contributed by atoms with Crippen LogP contribution in [0.2, 0.25) is 0 Å². The molecule has 0 amide bonds.